The minimum Gasteiger partial charge on any atom is -0.207 e. The van der Waals surface area contributed by atoms with Crippen molar-refractivity contribution in [1.29, 1.82) is 0 Å². The summed E-state index contributed by atoms with van der Waals surface area (Å²) >= 11 is 6.42. The first-order chi connectivity index (χ1) is 8.33. The molecule has 0 N–H and O–H groups in total. The fraction of sp³-hybridized carbons (Fsp3) is 0.600. The molecule has 1 saturated carbocycles. The quantitative estimate of drug-likeness (QED) is 0.634. The number of alkyl halides is 1. The lowest BCUT2D eigenvalue weighted by Crippen LogP contribution is -2.22. The lowest BCUT2D eigenvalue weighted by atomic mass is 9.78. The summed E-state index contributed by atoms with van der Waals surface area (Å²) in [6.45, 7) is 5.87. The van der Waals surface area contributed by atoms with Gasteiger partial charge in [-0.15, -0.1) is 11.6 Å². The Balaban J connectivity index is 2.34. The van der Waals surface area contributed by atoms with Gasteiger partial charge in [0, 0.05) is 5.56 Å². The van der Waals surface area contributed by atoms with Crippen molar-refractivity contribution in [2.75, 3.05) is 0 Å². The van der Waals surface area contributed by atoms with Crippen LogP contribution in [0.3, 0.4) is 0 Å². The predicted molar refractivity (Wildman–Crippen MR) is 70.8 cm³/mol. The van der Waals surface area contributed by atoms with Crippen molar-refractivity contribution in [3.05, 3.63) is 34.9 Å². The molecule has 18 heavy (non-hydrogen) atoms. The van der Waals surface area contributed by atoms with Crippen LogP contribution in [0.25, 0.3) is 0 Å². The second-order valence-electron chi connectivity index (χ2n) is 6.01. The van der Waals surface area contributed by atoms with Gasteiger partial charge in [-0.05, 0) is 48.8 Å². The van der Waals surface area contributed by atoms with Gasteiger partial charge in [-0.1, -0.05) is 20.3 Å². The van der Waals surface area contributed by atoms with Gasteiger partial charge in [0.05, 0.1) is 5.38 Å². The van der Waals surface area contributed by atoms with Gasteiger partial charge >= 0.3 is 0 Å². The molecule has 100 valence electrons. The van der Waals surface area contributed by atoms with Crippen molar-refractivity contribution in [2.45, 2.75) is 45.4 Å². The molecule has 1 aromatic rings. The predicted octanol–water partition coefficient (Wildman–Crippen LogP) is 5.38. The molecule has 0 bridgehead atoms. The molecule has 0 heterocycles. The van der Waals surface area contributed by atoms with E-state index in [-0.39, 0.29) is 17.2 Å². The summed E-state index contributed by atoms with van der Waals surface area (Å²) in [7, 11) is 0. The third-order valence-electron chi connectivity index (χ3n) is 4.27. The average Bonchev–Trinajstić information content (AvgIpc) is 2.62. The normalized spacial score (nSPS) is 24.2. The molecule has 3 heteroatoms. The molecule has 0 aliphatic heterocycles. The van der Waals surface area contributed by atoms with Crippen molar-refractivity contribution in [2.24, 2.45) is 11.3 Å². The van der Waals surface area contributed by atoms with E-state index < -0.39 is 11.2 Å². The largest absolute Gasteiger partial charge is 0.207 e. The molecule has 0 aromatic heterocycles. The van der Waals surface area contributed by atoms with Crippen LogP contribution in [0.1, 0.15) is 49.6 Å². The van der Waals surface area contributed by atoms with E-state index in [9.17, 15) is 8.78 Å². The van der Waals surface area contributed by atoms with Gasteiger partial charge in [0.2, 0.25) is 0 Å². The minimum atomic E-state index is -0.447. The third kappa shape index (κ3) is 2.40. The van der Waals surface area contributed by atoms with E-state index in [0.717, 1.165) is 19.3 Å². The maximum Gasteiger partial charge on any atom is 0.128 e. The molecule has 1 aliphatic carbocycles. The fourth-order valence-electron chi connectivity index (χ4n) is 2.99. The molecule has 0 saturated heterocycles. The van der Waals surface area contributed by atoms with Gasteiger partial charge in [0.15, 0.2) is 0 Å². The Morgan fingerprint density at radius 2 is 1.94 bits per heavy atom. The maximum atomic E-state index is 13.9. The van der Waals surface area contributed by atoms with E-state index in [1.165, 1.54) is 12.1 Å². The molecule has 0 spiro atoms. The number of hydrogen-bond donors (Lipinski definition) is 0. The van der Waals surface area contributed by atoms with Crippen molar-refractivity contribution >= 4 is 11.6 Å². The smallest absolute Gasteiger partial charge is 0.128 e. The molecule has 1 fully saturated rings. The molecule has 0 nitrogen and oxygen atoms in total. The first kappa shape index (κ1) is 13.8. The van der Waals surface area contributed by atoms with E-state index in [1.54, 1.807) is 6.92 Å². The van der Waals surface area contributed by atoms with Gasteiger partial charge in [0.1, 0.15) is 11.6 Å². The Morgan fingerprint density at radius 1 is 1.28 bits per heavy atom. The Bertz CT molecular complexity index is 454. The topological polar surface area (TPSA) is 0 Å². The zero-order chi connectivity index (χ0) is 13.5. The monoisotopic (exact) mass is 272 g/mol. The minimum absolute atomic E-state index is 0.0974. The van der Waals surface area contributed by atoms with Crippen LogP contribution in [0.2, 0.25) is 0 Å². The lowest BCUT2D eigenvalue weighted by Gasteiger charge is -2.31. The van der Waals surface area contributed by atoms with Gasteiger partial charge in [-0.2, -0.15) is 0 Å². The summed E-state index contributed by atoms with van der Waals surface area (Å²) in [5.41, 5.74) is 0.728. The third-order valence-corrected chi connectivity index (χ3v) is 4.81. The van der Waals surface area contributed by atoms with Crippen LogP contribution in [-0.2, 0) is 0 Å². The van der Waals surface area contributed by atoms with Gasteiger partial charge in [0.25, 0.3) is 0 Å². The Labute approximate surface area is 112 Å². The molecule has 0 radical (unpaired) electrons. The maximum absolute atomic E-state index is 13.9. The molecule has 1 aromatic carbocycles. The number of hydrogen-bond acceptors (Lipinski definition) is 0. The van der Waals surface area contributed by atoms with Crippen LogP contribution in [-0.4, -0.2) is 0 Å². The van der Waals surface area contributed by atoms with Crippen LogP contribution < -0.4 is 0 Å². The first-order valence-electron chi connectivity index (χ1n) is 6.42. The molecule has 2 atom stereocenters. The van der Waals surface area contributed by atoms with Crippen molar-refractivity contribution in [1.82, 2.24) is 0 Å². The van der Waals surface area contributed by atoms with Crippen molar-refractivity contribution in [3.63, 3.8) is 0 Å². The number of aryl methyl sites for hydroxylation is 1. The summed E-state index contributed by atoms with van der Waals surface area (Å²) in [5, 5.41) is -0.447. The molecular weight excluding hydrogens is 254 g/mol. The van der Waals surface area contributed by atoms with Gasteiger partial charge < -0.3 is 0 Å². The molecule has 1 aliphatic rings. The van der Waals surface area contributed by atoms with Crippen LogP contribution in [0.4, 0.5) is 8.78 Å². The van der Waals surface area contributed by atoms with Crippen LogP contribution >= 0.6 is 11.6 Å². The number of rotatable bonds is 2. The molecule has 2 rings (SSSR count). The number of halogens is 3. The highest BCUT2D eigenvalue weighted by Gasteiger charge is 2.40. The van der Waals surface area contributed by atoms with E-state index in [0.29, 0.717) is 11.1 Å². The standard InChI is InChI=1S/C15H19ClF2/c1-9-7-13(18)10(8-12(9)17)14(16)11-5-4-6-15(11,2)3/h7-8,11,14H,4-6H2,1-3H3. The van der Waals surface area contributed by atoms with Gasteiger partial charge in [-0.3, -0.25) is 0 Å². The Hall–Kier alpha value is -0.630. The summed E-state index contributed by atoms with van der Waals surface area (Å²) in [6.07, 6.45) is 3.18. The summed E-state index contributed by atoms with van der Waals surface area (Å²) in [4.78, 5) is 0. The van der Waals surface area contributed by atoms with E-state index in [1.807, 2.05) is 0 Å². The zero-order valence-electron chi connectivity index (χ0n) is 11.1. The first-order valence-corrected chi connectivity index (χ1v) is 6.86. The second-order valence-corrected chi connectivity index (χ2v) is 6.48. The summed E-state index contributed by atoms with van der Waals surface area (Å²) < 4.78 is 27.5. The van der Waals surface area contributed by atoms with Crippen LogP contribution in [0.5, 0.6) is 0 Å². The Kier molecular flexibility index (Phi) is 3.68. The SMILES string of the molecule is Cc1cc(F)c(C(Cl)C2CCCC2(C)C)cc1F. The highest BCUT2D eigenvalue weighted by Crippen LogP contribution is 2.51. The summed E-state index contributed by atoms with van der Waals surface area (Å²) in [5.74, 6) is -0.569. The van der Waals surface area contributed by atoms with Gasteiger partial charge in [-0.25, -0.2) is 8.78 Å². The molecular formula is C15H19ClF2. The Morgan fingerprint density at radius 3 is 2.50 bits per heavy atom. The van der Waals surface area contributed by atoms with E-state index in [2.05, 4.69) is 13.8 Å². The molecule has 2 unspecified atom stereocenters. The fourth-order valence-corrected chi connectivity index (χ4v) is 3.62. The second kappa shape index (κ2) is 4.80. The highest BCUT2D eigenvalue weighted by atomic mass is 35.5. The van der Waals surface area contributed by atoms with Crippen molar-refractivity contribution < 1.29 is 8.78 Å². The lowest BCUT2D eigenvalue weighted by molar-refractivity contribution is 0.250. The zero-order valence-corrected chi connectivity index (χ0v) is 11.8. The average molecular weight is 273 g/mol. The van der Waals surface area contributed by atoms with Crippen molar-refractivity contribution in [3.8, 4) is 0 Å². The van der Waals surface area contributed by atoms with E-state index >= 15 is 0 Å². The van der Waals surface area contributed by atoms with Crippen LogP contribution in [0.15, 0.2) is 12.1 Å². The number of benzene rings is 1. The summed E-state index contributed by atoms with van der Waals surface area (Å²) in [6, 6.07) is 2.50. The van der Waals surface area contributed by atoms with Crippen LogP contribution in [0, 0.1) is 29.9 Å². The molecule has 0 amide bonds. The highest BCUT2D eigenvalue weighted by molar-refractivity contribution is 6.21. The van der Waals surface area contributed by atoms with E-state index in [4.69, 9.17) is 11.6 Å².